The molecule has 36 heavy (non-hydrogen) atoms. The van der Waals surface area contributed by atoms with Crippen molar-refractivity contribution in [1.82, 2.24) is 20.9 Å². The molecule has 3 unspecified atom stereocenters. The summed E-state index contributed by atoms with van der Waals surface area (Å²) in [5.74, 6) is -0.446. The van der Waals surface area contributed by atoms with Gasteiger partial charge < -0.3 is 26.2 Å². The predicted octanol–water partition coefficient (Wildman–Crippen LogP) is 2.38. The Morgan fingerprint density at radius 1 is 1.11 bits per heavy atom. The van der Waals surface area contributed by atoms with Crippen molar-refractivity contribution in [2.24, 2.45) is 0 Å². The van der Waals surface area contributed by atoms with E-state index in [2.05, 4.69) is 27.8 Å². The molecule has 2 aliphatic rings. The first-order valence-corrected chi connectivity index (χ1v) is 12.8. The van der Waals surface area contributed by atoms with Crippen LogP contribution in [0.2, 0.25) is 0 Å². The number of likely N-dealkylation sites (N-methyl/N-ethyl adjacent to an activating group) is 1. The number of hydrogen-bond acceptors (Lipinski definition) is 6. The van der Waals surface area contributed by atoms with Gasteiger partial charge in [0.25, 0.3) is 0 Å². The summed E-state index contributed by atoms with van der Waals surface area (Å²) in [7, 11) is 3.55. The van der Waals surface area contributed by atoms with Gasteiger partial charge in [-0.3, -0.25) is 19.2 Å². The van der Waals surface area contributed by atoms with Gasteiger partial charge in [0.2, 0.25) is 17.7 Å². The molecule has 2 heterocycles. The monoisotopic (exact) mass is 501 g/mol. The van der Waals surface area contributed by atoms with E-state index < -0.39 is 12.1 Å². The first kappa shape index (κ1) is 30.8. The van der Waals surface area contributed by atoms with Crippen LogP contribution in [0.5, 0.6) is 0 Å². The number of nitrogens with one attached hydrogen (secondary N) is 4. The molecular formula is C27H43N5O4. The second-order valence-electron chi connectivity index (χ2n) is 8.47. The SMILES string of the molecule is C=CC=O.CC.CNCC(=O)NC1CCCCC2CCC(C(=O)NCc3cccc(NC)c3)N2C1=O. The van der Waals surface area contributed by atoms with Gasteiger partial charge in [-0.25, -0.2) is 0 Å². The van der Waals surface area contributed by atoms with Crippen molar-refractivity contribution in [3.8, 4) is 0 Å². The van der Waals surface area contributed by atoms with Crippen molar-refractivity contribution >= 4 is 29.7 Å². The maximum absolute atomic E-state index is 13.3. The molecule has 1 aromatic rings. The summed E-state index contributed by atoms with van der Waals surface area (Å²) in [4.78, 5) is 49.1. The Morgan fingerprint density at radius 2 is 1.81 bits per heavy atom. The van der Waals surface area contributed by atoms with E-state index >= 15 is 0 Å². The van der Waals surface area contributed by atoms with E-state index in [1.807, 2.05) is 45.2 Å². The number of allylic oxidation sites excluding steroid dienone is 1. The average Bonchev–Trinajstić information content (AvgIpc) is 3.32. The van der Waals surface area contributed by atoms with Crippen LogP contribution in [0.25, 0.3) is 0 Å². The highest BCUT2D eigenvalue weighted by molar-refractivity contribution is 5.93. The van der Waals surface area contributed by atoms with Crippen molar-refractivity contribution in [3.63, 3.8) is 0 Å². The minimum Gasteiger partial charge on any atom is -0.388 e. The van der Waals surface area contributed by atoms with E-state index in [1.165, 1.54) is 6.08 Å². The lowest BCUT2D eigenvalue weighted by atomic mass is 9.99. The van der Waals surface area contributed by atoms with Gasteiger partial charge in [-0.2, -0.15) is 0 Å². The molecule has 4 N–H and O–H groups in total. The first-order valence-electron chi connectivity index (χ1n) is 12.8. The number of anilines is 1. The topological polar surface area (TPSA) is 120 Å². The van der Waals surface area contributed by atoms with Crippen LogP contribution in [-0.4, -0.2) is 67.7 Å². The normalized spacial score (nSPS) is 20.6. The van der Waals surface area contributed by atoms with Gasteiger partial charge in [0.15, 0.2) is 0 Å². The molecule has 3 amide bonds. The van der Waals surface area contributed by atoms with Crippen LogP contribution in [0.1, 0.15) is 57.9 Å². The highest BCUT2D eigenvalue weighted by Crippen LogP contribution is 2.31. The van der Waals surface area contributed by atoms with E-state index in [9.17, 15) is 14.4 Å². The number of carbonyl (C=O) groups is 4. The van der Waals surface area contributed by atoms with E-state index in [1.54, 1.807) is 11.9 Å². The van der Waals surface area contributed by atoms with Crippen molar-refractivity contribution < 1.29 is 19.2 Å². The molecule has 0 spiro atoms. The van der Waals surface area contributed by atoms with E-state index in [4.69, 9.17) is 4.79 Å². The highest BCUT2D eigenvalue weighted by Gasteiger charge is 2.43. The molecule has 3 atom stereocenters. The lowest BCUT2D eigenvalue weighted by Gasteiger charge is -2.35. The van der Waals surface area contributed by atoms with Gasteiger partial charge >= 0.3 is 0 Å². The molecule has 9 heteroatoms. The Kier molecular flexibility index (Phi) is 14.8. The number of hydrogen-bond donors (Lipinski definition) is 4. The van der Waals surface area contributed by atoms with Crippen LogP contribution >= 0.6 is 0 Å². The molecule has 200 valence electrons. The van der Waals surface area contributed by atoms with Gasteiger partial charge in [0.1, 0.15) is 18.4 Å². The van der Waals surface area contributed by atoms with Gasteiger partial charge in [-0.1, -0.05) is 45.4 Å². The summed E-state index contributed by atoms with van der Waals surface area (Å²) < 4.78 is 0. The summed E-state index contributed by atoms with van der Waals surface area (Å²) in [6, 6.07) is 6.91. The summed E-state index contributed by atoms with van der Waals surface area (Å²) in [5, 5.41) is 11.7. The fraction of sp³-hybridized carbons (Fsp3) is 0.556. The number of fused-ring (bicyclic) bond motifs is 1. The molecule has 2 saturated heterocycles. The Balaban J connectivity index is 0.000000982. The standard InChI is InChI=1S/C22H33N5O3.C3H4O.C2H6/c1-23-14-20(28)26-18-9-4-3-8-17-10-11-19(27(17)22(18)30)21(29)25-13-15-6-5-7-16(12-15)24-2;1-2-3-4;1-2/h5-7,12,17-19,23-24H,3-4,8-11,13-14H2,1-2H3,(H,25,29)(H,26,28);2-3H,1H2;1-2H3. The number of amides is 3. The van der Waals surface area contributed by atoms with E-state index in [-0.39, 0.29) is 30.3 Å². The zero-order chi connectivity index (χ0) is 26.9. The van der Waals surface area contributed by atoms with Crippen LogP contribution < -0.4 is 21.3 Å². The minimum absolute atomic E-state index is 0.0740. The van der Waals surface area contributed by atoms with Crippen LogP contribution in [0, 0.1) is 0 Å². The molecule has 9 nitrogen and oxygen atoms in total. The third kappa shape index (κ3) is 9.45. The lowest BCUT2D eigenvalue weighted by molar-refractivity contribution is -0.144. The van der Waals surface area contributed by atoms with Crippen molar-refractivity contribution in [2.75, 3.05) is 26.0 Å². The Hall–Kier alpha value is -3.20. The Bertz CT molecular complexity index is 854. The summed E-state index contributed by atoms with van der Waals surface area (Å²) in [6.07, 6.45) is 6.75. The van der Waals surface area contributed by atoms with Crippen molar-refractivity contribution in [1.29, 1.82) is 0 Å². The largest absolute Gasteiger partial charge is 0.388 e. The Morgan fingerprint density at radius 3 is 2.44 bits per heavy atom. The fourth-order valence-corrected chi connectivity index (χ4v) is 4.47. The van der Waals surface area contributed by atoms with E-state index in [0.29, 0.717) is 25.7 Å². The number of carbonyl (C=O) groups excluding carboxylic acids is 4. The maximum atomic E-state index is 13.3. The zero-order valence-electron chi connectivity index (χ0n) is 22.1. The quantitative estimate of drug-likeness (QED) is 0.321. The second-order valence-corrected chi connectivity index (χ2v) is 8.47. The molecule has 2 aliphatic heterocycles. The molecule has 1 aromatic carbocycles. The number of nitrogens with zero attached hydrogens (tertiary/aromatic N) is 1. The number of benzene rings is 1. The Labute approximate surface area is 215 Å². The maximum Gasteiger partial charge on any atom is 0.246 e. The van der Waals surface area contributed by atoms with Gasteiger partial charge in [0.05, 0.1) is 6.54 Å². The first-order chi connectivity index (χ1) is 17.4. The highest BCUT2D eigenvalue weighted by atomic mass is 16.2. The smallest absolute Gasteiger partial charge is 0.246 e. The van der Waals surface area contributed by atoms with E-state index in [0.717, 1.165) is 36.9 Å². The summed E-state index contributed by atoms with van der Waals surface area (Å²) >= 11 is 0. The van der Waals surface area contributed by atoms with Gasteiger partial charge in [0, 0.05) is 25.3 Å². The summed E-state index contributed by atoms with van der Waals surface area (Å²) in [6.45, 7) is 7.70. The lowest BCUT2D eigenvalue weighted by Crippen LogP contribution is -2.57. The molecule has 0 aromatic heterocycles. The van der Waals surface area contributed by atoms with Gasteiger partial charge in [-0.15, -0.1) is 0 Å². The minimum atomic E-state index is -0.561. The van der Waals surface area contributed by atoms with Crippen LogP contribution in [-0.2, 0) is 25.7 Å². The van der Waals surface area contributed by atoms with Crippen LogP contribution in [0.4, 0.5) is 5.69 Å². The molecule has 2 fully saturated rings. The molecule has 0 aliphatic carbocycles. The van der Waals surface area contributed by atoms with Gasteiger partial charge in [-0.05, 0) is 56.5 Å². The third-order valence-corrected chi connectivity index (χ3v) is 6.09. The summed E-state index contributed by atoms with van der Waals surface area (Å²) in [5.41, 5.74) is 1.99. The molecule has 3 rings (SSSR count). The number of rotatable bonds is 8. The van der Waals surface area contributed by atoms with Crippen molar-refractivity contribution in [2.45, 2.75) is 77.0 Å². The molecule has 0 saturated carbocycles. The number of aldehydes is 1. The van der Waals surface area contributed by atoms with Crippen LogP contribution in [0.15, 0.2) is 36.9 Å². The fourth-order valence-electron chi connectivity index (χ4n) is 4.47. The molecule has 0 bridgehead atoms. The second kappa shape index (κ2) is 17.3. The molecular weight excluding hydrogens is 458 g/mol. The van der Waals surface area contributed by atoms with Crippen molar-refractivity contribution in [3.05, 3.63) is 42.5 Å². The third-order valence-electron chi connectivity index (χ3n) is 6.09. The average molecular weight is 502 g/mol. The predicted molar refractivity (Wildman–Crippen MR) is 143 cm³/mol. The van der Waals surface area contributed by atoms with Crippen LogP contribution in [0.3, 0.4) is 0 Å². The molecule has 0 radical (unpaired) electrons. The zero-order valence-corrected chi connectivity index (χ0v) is 22.1.